The number of carbonyl (C=O) groups excluding carboxylic acids is 1. The average molecular weight is 288 g/mol. The van der Waals surface area contributed by atoms with Gasteiger partial charge >= 0.3 is 0 Å². The lowest BCUT2D eigenvalue weighted by atomic mass is 10.1. The first kappa shape index (κ1) is 14.8. The van der Waals surface area contributed by atoms with E-state index in [1.807, 2.05) is 37.4 Å². The highest BCUT2D eigenvalue weighted by molar-refractivity contribution is 7.09. The molecule has 106 valence electrons. The molecule has 20 heavy (non-hydrogen) atoms. The molecule has 3 nitrogen and oxygen atoms in total. The van der Waals surface area contributed by atoms with E-state index < -0.39 is 0 Å². The molecule has 0 aliphatic carbocycles. The standard InChI is InChI=1S/C16H20N2OS/c1-18(11-9-15-3-2-12-20-15)16(19)14-6-4-13(5-7-14)8-10-17/h2-7,12H,8-11,17H2,1H3. The number of nitrogens with zero attached hydrogens (tertiary/aromatic N) is 1. The second-order valence-electron chi connectivity index (χ2n) is 4.79. The number of hydrogen-bond donors (Lipinski definition) is 1. The van der Waals surface area contributed by atoms with Crippen molar-refractivity contribution in [3.63, 3.8) is 0 Å². The van der Waals surface area contributed by atoms with E-state index in [1.165, 1.54) is 10.4 Å². The summed E-state index contributed by atoms with van der Waals surface area (Å²) in [7, 11) is 1.85. The molecular weight excluding hydrogens is 268 g/mol. The minimum absolute atomic E-state index is 0.0702. The Morgan fingerprint density at radius 2 is 1.95 bits per heavy atom. The molecule has 0 bridgehead atoms. The Morgan fingerprint density at radius 1 is 1.20 bits per heavy atom. The Kier molecular flexibility index (Phi) is 5.32. The van der Waals surface area contributed by atoms with E-state index in [1.54, 1.807) is 16.2 Å². The molecule has 1 aromatic carbocycles. The summed E-state index contributed by atoms with van der Waals surface area (Å²) in [4.78, 5) is 15.4. The molecule has 0 aliphatic rings. The highest BCUT2D eigenvalue weighted by atomic mass is 32.1. The minimum Gasteiger partial charge on any atom is -0.341 e. The summed E-state index contributed by atoms with van der Waals surface area (Å²) in [6.45, 7) is 1.37. The Morgan fingerprint density at radius 3 is 2.55 bits per heavy atom. The Bertz CT molecular complexity index is 534. The van der Waals surface area contributed by atoms with Crippen LogP contribution < -0.4 is 5.73 Å². The summed E-state index contributed by atoms with van der Waals surface area (Å²) in [5, 5.41) is 2.06. The smallest absolute Gasteiger partial charge is 0.253 e. The van der Waals surface area contributed by atoms with Gasteiger partial charge in [0.05, 0.1) is 0 Å². The quantitative estimate of drug-likeness (QED) is 0.888. The van der Waals surface area contributed by atoms with Crippen LogP contribution in [0.5, 0.6) is 0 Å². The van der Waals surface area contributed by atoms with Crippen molar-refractivity contribution < 1.29 is 4.79 Å². The first-order valence-corrected chi connectivity index (χ1v) is 7.65. The van der Waals surface area contributed by atoms with Gasteiger partial charge in [0.1, 0.15) is 0 Å². The molecule has 2 N–H and O–H groups in total. The normalized spacial score (nSPS) is 10.5. The van der Waals surface area contributed by atoms with E-state index in [4.69, 9.17) is 5.73 Å². The van der Waals surface area contributed by atoms with Gasteiger partial charge in [-0.25, -0.2) is 0 Å². The predicted octanol–water partition coefficient (Wildman–Crippen LogP) is 2.56. The largest absolute Gasteiger partial charge is 0.341 e. The summed E-state index contributed by atoms with van der Waals surface area (Å²) in [6, 6.07) is 11.9. The number of nitrogens with two attached hydrogens (primary N) is 1. The van der Waals surface area contributed by atoms with Crippen molar-refractivity contribution in [3.8, 4) is 0 Å². The Labute approximate surface area is 124 Å². The summed E-state index contributed by atoms with van der Waals surface area (Å²) < 4.78 is 0. The molecule has 0 aliphatic heterocycles. The number of rotatable bonds is 6. The van der Waals surface area contributed by atoms with E-state index >= 15 is 0 Å². The predicted molar refractivity (Wildman–Crippen MR) is 84.2 cm³/mol. The first-order valence-electron chi connectivity index (χ1n) is 6.77. The topological polar surface area (TPSA) is 46.3 Å². The van der Waals surface area contributed by atoms with E-state index in [9.17, 15) is 4.79 Å². The maximum absolute atomic E-state index is 12.3. The van der Waals surface area contributed by atoms with Crippen LogP contribution in [0.3, 0.4) is 0 Å². The van der Waals surface area contributed by atoms with Crippen LogP contribution in [-0.2, 0) is 12.8 Å². The van der Waals surface area contributed by atoms with Crippen LogP contribution in [-0.4, -0.2) is 30.9 Å². The van der Waals surface area contributed by atoms with Crippen molar-refractivity contribution in [3.05, 3.63) is 57.8 Å². The molecule has 1 aromatic heterocycles. The highest BCUT2D eigenvalue weighted by Crippen LogP contribution is 2.11. The fourth-order valence-electron chi connectivity index (χ4n) is 2.04. The lowest BCUT2D eigenvalue weighted by Crippen LogP contribution is -2.28. The van der Waals surface area contributed by atoms with Gasteiger partial charge < -0.3 is 10.6 Å². The molecule has 0 unspecified atom stereocenters. The van der Waals surface area contributed by atoms with Crippen LogP contribution >= 0.6 is 11.3 Å². The fourth-order valence-corrected chi connectivity index (χ4v) is 2.73. The second-order valence-corrected chi connectivity index (χ2v) is 5.82. The number of hydrogen-bond acceptors (Lipinski definition) is 3. The van der Waals surface area contributed by atoms with Gasteiger partial charge in [-0.15, -0.1) is 11.3 Å². The molecule has 0 saturated heterocycles. The summed E-state index contributed by atoms with van der Waals surface area (Å²) in [5.74, 6) is 0.0702. The summed E-state index contributed by atoms with van der Waals surface area (Å²) >= 11 is 1.73. The molecule has 0 atom stereocenters. The maximum Gasteiger partial charge on any atom is 0.253 e. The maximum atomic E-state index is 12.3. The van der Waals surface area contributed by atoms with Crippen LogP contribution in [0.1, 0.15) is 20.8 Å². The average Bonchev–Trinajstić information content (AvgIpc) is 2.98. The molecule has 4 heteroatoms. The summed E-state index contributed by atoms with van der Waals surface area (Å²) in [6.07, 6.45) is 1.76. The van der Waals surface area contributed by atoms with Gasteiger partial charge in [0, 0.05) is 24.0 Å². The van der Waals surface area contributed by atoms with Crippen molar-refractivity contribution in [1.82, 2.24) is 4.90 Å². The molecule has 2 aromatic rings. The first-order chi connectivity index (χ1) is 9.70. The molecule has 1 heterocycles. The van der Waals surface area contributed by atoms with E-state index in [2.05, 4.69) is 11.4 Å². The van der Waals surface area contributed by atoms with Crippen LogP contribution in [0.4, 0.5) is 0 Å². The van der Waals surface area contributed by atoms with Crippen LogP contribution in [0.15, 0.2) is 41.8 Å². The Hall–Kier alpha value is -1.65. The third kappa shape index (κ3) is 3.92. The van der Waals surface area contributed by atoms with Crippen LogP contribution in [0.2, 0.25) is 0 Å². The highest BCUT2D eigenvalue weighted by Gasteiger charge is 2.11. The van der Waals surface area contributed by atoms with Gasteiger partial charge in [-0.2, -0.15) is 0 Å². The zero-order chi connectivity index (χ0) is 14.4. The number of likely N-dealkylation sites (N-methyl/N-ethyl adjacent to an activating group) is 1. The van der Waals surface area contributed by atoms with Gasteiger partial charge in [-0.1, -0.05) is 18.2 Å². The molecule has 0 fully saturated rings. The van der Waals surface area contributed by atoms with Crippen molar-refractivity contribution >= 4 is 17.2 Å². The molecule has 2 rings (SSSR count). The number of thiophene rings is 1. The SMILES string of the molecule is CN(CCc1cccs1)C(=O)c1ccc(CCN)cc1. The van der Waals surface area contributed by atoms with Gasteiger partial charge in [0.2, 0.25) is 0 Å². The van der Waals surface area contributed by atoms with Crippen molar-refractivity contribution in [2.75, 3.05) is 20.1 Å². The van der Waals surface area contributed by atoms with Gasteiger partial charge in [-0.05, 0) is 48.5 Å². The van der Waals surface area contributed by atoms with Crippen molar-refractivity contribution in [1.29, 1.82) is 0 Å². The number of carbonyl (C=O) groups is 1. The lowest BCUT2D eigenvalue weighted by Gasteiger charge is -2.17. The van der Waals surface area contributed by atoms with Crippen LogP contribution in [0.25, 0.3) is 0 Å². The van der Waals surface area contributed by atoms with E-state index in [-0.39, 0.29) is 5.91 Å². The monoisotopic (exact) mass is 288 g/mol. The van der Waals surface area contributed by atoms with Gasteiger partial charge in [0.15, 0.2) is 0 Å². The lowest BCUT2D eigenvalue weighted by molar-refractivity contribution is 0.0797. The van der Waals surface area contributed by atoms with Crippen molar-refractivity contribution in [2.45, 2.75) is 12.8 Å². The fraction of sp³-hybridized carbons (Fsp3) is 0.312. The van der Waals surface area contributed by atoms with Crippen molar-refractivity contribution in [2.24, 2.45) is 5.73 Å². The third-order valence-electron chi connectivity index (χ3n) is 3.25. The zero-order valence-corrected chi connectivity index (χ0v) is 12.5. The third-order valence-corrected chi connectivity index (χ3v) is 4.19. The molecular formula is C16H20N2OS. The number of amides is 1. The van der Waals surface area contributed by atoms with E-state index in [0.717, 1.165) is 24.9 Å². The second kappa shape index (κ2) is 7.22. The van der Waals surface area contributed by atoms with Crippen LogP contribution in [0, 0.1) is 0 Å². The van der Waals surface area contributed by atoms with E-state index in [0.29, 0.717) is 6.54 Å². The zero-order valence-electron chi connectivity index (χ0n) is 11.7. The minimum atomic E-state index is 0.0702. The number of benzene rings is 1. The summed E-state index contributed by atoms with van der Waals surface area (Å²) in [5.41, 5.74) is 7.43. The molecule has 0 radical (unpaired) electrons. The molecule has 0 saturated carbocycles. The van der Waals surface area contributed by atoms with Gasteiger partial charge in [-0.3, -0.25) is 4.79 Å². The van der Waals surface area contributed by atoms with Gasteiger partial charge in [0.25, 0.3) is 5.91 Å². The molecule has 1 amide bonds. The Balaban J connectivity index is 1.92. The molecule has 0 spiro atoms.